The summed E-state index contributed by atoms with van der Waals surface area (Å²) in [6.45, 7) is 0.757. The van der Waals surface area contributed by atoms with Crippen molar-refractivity contribution in [3.63, 3.8) is 0 Å². The highest BCUT2D eigenvalue weighted by molar-refractivity contribution is 7.17. The summed E-state index contributed by atoms with van der Waals surface area (Å²) in [4.78, 5) is 0. The summed E-state index contributed by atoms with van der Waals surface area (Å²) in [6.07, 6.45) is 2.13. The first-order valence-electron chi connectivity index (χ1n) is 5.09. The Labute approximate surface area is 93.7 Å². The molecule has 0 atom stereocenters. The average Bonchev–Trinajstić information content (AvgIpc) is 2.68. The van der Waals surface area contributed by atoms with Gasteiger partial charge in [-0.25, -0.2) is 0 Å². The van der Waals surface area contributed by atoms with E-state index in [1.807, 2.05) is 6.07 Å². The highest BCUT2D eigenvalue weighted by Crippen LogP contribution is 2.30. The molecule has 15 heavy (non-hydrogen) atoms. The van der Waals surface area contributed by atoms with Gasteiger partial charge >= 0.3 is 0 Å². The number of rotatable bonds is 4. The van der Waals surface area contributed by atoms with Crippen LogP contribution in [-0.4, -0.2) is 13.7 Å². The molecule has 0 amide bonds. The van der Waals surface area contributed by atoms with Crippen molar-refractivity contribution >= 4 is 21.4 Å². The molecule has 0 aliphatic heterocycles. The zero-order valence-electron chi connectivity index (χ0n) is 8.82. The van der Waals surface area contributed by atoms with E-state index in [1.165, 1.54) is 15.6 Å². The minimum absolute atomic E-state index is 0.757. The molecule has 0 spiro atoms. The Bertz CT molecular complexity index is 450. The van der Waals surface area contributed by atoms with Crippen LogP contribution in [0.2, 0.25) is 0 Å². The van der Waals surface area contributed by atoms with E-state index in [-0.39, 0.29) is 0 Å². The van der Waals surface area contributed by atoms with Gasteiger partial charge in [-0.15, -0.1) is 11.3 Å². The van der Waals surface area contributed by atoms with Crippen LogP contribution in [0.15, 0.2) is 23.6 Å². The van der Waals surface area contributed by atoms with E-state index < -0.39 is 0 Å². The van der Waals surface area contributed by atoms with Crippen LogP contribution in [0.5, 0.6) is 5.75 Å². The fourth-order valence-corrected chi connectivity index (χ4v) is 2.70. The molecule has 0 saturated heterocycles. The van der Waals surface area contributed by atoms with E-state index in [0.717, 1.165) is 25.1 Å². The molecule has 3 heteroatoms. The van der Waals surface area contributed by atoms with Gasteiger partial charge < -0.3 is 10.5 Å². The van der Waals surface area contributed by atoms with Crippen LogP contribution in [-0.2, 0) is 6.42 Å². The highest BCUT2D eigenvalue weighted by atomic mass is 32.1. The highest BCUT2D eigenvalue weighted by Gasteiger charge is 2.04. The lowest BCUT2D eigenvalue weighted by Crippen LogP contribution is -1.99. The second-order valence-corrected chi connectivity index (χ2v) is 4.43. The van der Waals surface area contributed by atoms with Gasteiger partial charge in [0, 0.05) is 4.70 Å². The van der Waals surface area contributed by atoms with Crippen LogP contribution in [0.25, 0.3) is 10.1 Å². The smallest absolute Gasteiger partial charge is 0.120 e. The number of methoxy groups -OCH3 is 1. The van der Waals surface area contributed by atoms with E-state index in [4.69, 9.17) is 10.5 Å². The van der Waals surface area contributed by atoms with Crippen molar-refractivity contribution in [2.24, 2.45) is 5.73 Å². The van der Waals surface area contributed by atoms with Crippen molar-refractivity contribution in [2.45, 2.75) is 12.8 Å². The van der Waals surface area contributed by atoms with Crippen molar-refractivity contribution in [3.05, 3.63) is 29.1 Å². The minimum Gasteiger partial charge on any atom is -0.497 e. The van der Waals surface area contributed by atoms with Crippen molar-refractivity contribution in [2.75, 3.05) is 13.7 Å². The fraction of sp³-hybridized carbons (Fsp3) is 0.333. The van der Waals surface area contributed by atoms with Crippen molar-refractivity contribution in [3.8, 4) is 5.75 Å². The SMILES string of the molecule is COc1ccc2c(CCCN)csc2c1. The maximum absolute atomic E-state index is 5.52. The summed E-state index contributed by atoms with van der Waals surface area (Å²) >= 11 is 1.77. The normalized spacial score (nSPS) is 10.8. The molecule has 0 aliphatic rings. The van der Waals surface area contributed by atoms with Crippen molar-refractivity contribution < 1.29 is 4.74 Å². The summed E-state index contributed by atoms with van der Waals surface area (Å²) in [6, 6.07) is 6.24. The Morgan fingerprint density at radius 2 is 2.27 bits per heavy atom. The summed E-state index contributed by atoms with van der Waals surface area (Å²) < 4.78 is 6.49. The van der Waals surface area contributed by atoms with Crippen LogP contribution in [0.3, 0.4) is 0 Å². The quantitative estimate of drug-likeness (QED) is 0.861. The predicted molar refractivity (Wildman–Crippen MR) is 65.8 cm³/mol. The standard InChI is InChI=1S/C12H15NOS/c1-14-10-4-5-11-9(3-2-6-13)8-15-12(11)7-10/h4-5,7-8H,2-3,6,13H2,1H3. The third kappa shape index (κ3) is 2.13. The molecule has 0 radical (unpaired) electrons. The third-order valence-corrected chi connectivity index (χ3v) is 3.51. The fourth-order valence-electron chi connectivity index (χ4n) is 1.68. The molecular formula is C12H15NOS. The number of ether oxygens (including phenoxy) is 1. The van der Waals surface area contributed by atoms with Gasteiger partial charge in [-0.05, 0) is 53.9 Å². The van der Waals surface area contributed by atoms with Gasteiger partial charge in [-0.2, -0.15) is 0 Å². The topological polar surface area (TPSA) is 35.2 Å². The van der Waals surface area contributed by atoms with Crippen molar-refractivity contribution in [1.82, 2.24) is 0 Å². The predicted octanol–water partition coefficient (Wildman–Crippen LogP) is 2.80. The molecule has 0 saturated carbocycles. The molecule has 1 aromatic heterocycles. The molecule has 1 aromatic carbocycles. The van der Waals surface area contributed by atoms with Gasteiger partial charge in [0.2, 0.25) is 0 Å². The van der Waals surface area contributed by atoms with Gasteiger partial charge in [0.25, 0.3) is 0 Å². The first-order chi connectivity index (χ1) is 7.35. The molecule has 2 rings (SSSR count). The number of fused-ring (bicyclic) bond motifs is 1. The zero-order chi connectivity index (χ0) is 10.7. The van der Waals surface area contributed by atoms with E-state index in [1.54, 1.807) is 18.4 Å². The largest absolute Gasteiger partial charge is 0.497 e. The lowest BCUT2D eigenvalue weighted by molar-refractivity contribution is 0.415. The first kappa shape index (κ1) is 10.5. The second kappa shape index (κ2) is 4.64. The number of aryl methyl sites for hydroxylation is 1. The first-order valence-corrected chi connectivity index (χ1v) is 5.97. The molecule has 2 aromatic rings. The molecular weight excluding hydrogens is 206 g/mol. The average molecular weight is 221 g/mol. The van der Waals surface area contributed by atoms with E-state index >= 15 is 0 Å². The Kier molecular flexibility index (Phi) is 3.23. The zero-order valence-corrected chi connectivity index (χ0v) is 9.64. The Hall–Kier alpha value is -1.06. The third-order valence-electron chi connectivity index (χ3n) is 2.51. The summed E-state index contributed by atoms with van der Waals surface area (Å²) in [5, 5.41) is 3.56. The molecule has 0 unspecified atom stereocenters. The van der Waals surface area contributed by atoms with Crippen LogP contribution in [0.1, 0.15) is 12.0 Å². The number of hydrogen-bond acceptors (Lipinski definition) is 3. The summed E-state index contributed by atoms with van der Waals surface area (Å²) in [5.41, 5.74) is 6.92. The van der Waals surface area contributed by atoms with Gasteiger partial charge in [-0.1, -0.05) is 0 Å². The molecule has 80 valence electrons. The lowest BCUT2D eigenvalue weighted by Gasteiger charge is -2.00. The van der Waals surface area contributed by atoms with E-state index in [2.05, 4.69) is 17.5 Å². The number of benzene rings is 1. The molecule has 0 fully saturated rings. The van der Waals surface area contributed by atoms with Crippen molar-refractivity contribution in [1.29, 1.82) is 0 Å². The molecule has 0 aliphatic carbocycles. The summed E-state index contributed by atoms with van der Waals surface area (Å²) in [5.74, 6) is 0.926. The van der Waals surface area contributed by atoms with Crippen LogP contribution in [0.4, 0.5) is 0 Å². The number of nitrogens with two attached hydrogens (primary N) is 1. The Morgan fingerprint density at radius 1 is 1.40 bits per heavy atom. The van der Waals surface area contributed by atoms with Gasteiger partial charge in [0.05, 0.1) is 7.11 Å². The van der Waals surface area contributed by atoms with Crippen LogP contribution in [0, 0.1) is 0 Å². The number of hydrogen-bond donors (Lipinski definition) is 1. The Morgan fingerprint density at radius 3 is 3.00 bits per heavy atom. The van der Waals surface area contributed by atoms with Gasteiger partial charge in [0.15, 0.2) is 0 Å². The Balaban J connectivity index is 2.34. The van der Waals surface area contributed by atoms with Crippen LogP contribution >= 0.6 is 11.3 Å². The summed E-state index contributed by atoms with van der Waals surface area (Å²) in [7, 11) is 1.70. The minimum atomic E-state index is 0.757. The molecule has 0 bridgehead atoms. The monoisotopic (exact) mass is 221 g/mol. The van der Waals surface area contributed by atoms with Gasteiger partial charge in [-0.3, -0.25) is 0 Å². The van der Waals surface area contributed by atoms with Gasteiger partial charge in [0.1, 0.15) is 5.75 Å². The molecule has 2 N–H and O–H groups in total. The maximum Gasteiger partial charge on any atom is 0.120 e. The van der Waals surface area contributed by atoms with Crippen LogP contribution < -0.4 is 10.5 Å². The molecule has 2 nitrogen and oxygen atoms in total. The van der Waals surface area contributed by atoms with E-state index in [9.17, 15) is 0 Å². The number of thiophene rings is 1. The molecule has 1 heterocycles. The maximum atomic E-state index is 5.52. The van der Waals surface area contributed by atoms with E-state index in [0.29, 0.717) is 0 Å². The second-order valence-electron chi connectivity index (χ2n) is 3.52. The lowest BCUT2D eigenvalue weighted by atomic mass is 10.1.